The molecule has 0 aliphatic carbocycles. The van der Waals surface area contributed by atoms with Crippen LogP contribution in [0.2, 0.25) is 0 Å². The first kappa shape index (κ1) is 14.2. The molecule has 5 heteroatoms. The number of aromatic nitrogens is 1. The molecule has 0 amide bonds. The standard InChI is InChI=1S/C15H19N3O2/c1-9(15(2,3)4)17-11-12(14(20)13(11)19)18-10-5-7-16-8-6-10/h5-9,17H,1-4H3,(H,16,18)/t9-/m1/s1. The third kappa shape index (κ3) is 2.71. The van der Waals surface area contributed by atoms with Crippen LogP contribution in [0.25, 0.3) is 0 Å². The van der Waals surface area contributed by atoms with Gasteiger partial charge >= 0.3 is 0 Å². The summed E-state index contributed by atoms with van der Waals surface area (Å²) in [4.78, 5) is 27.3. The maximum absolute atomic E-state index is 11.7. The number of rotatable bonds is 4. The Morgan fingerprint density at radius 2 is 1.60 bits per heavy atom. The van der Waals surface area contributed by atoms with Crippen molar-refractivity contribution in [2.24, 2.45) is 5.41 Å². The highest BCUT2D eigenvalue weighted by molar-refractivity contribution is 5.78. The highest BCUT2D eigenvalue weighted by Gasteiger charge is 2.26. The van der Waals surface area contributed by atoms with E-state index >= 15 is 0 Å². The number of nitrogens with one attached hydrogen (secondary N) is 2. The lowest BCUT2D eigenvalue weighted by molar-refractivity contribution is 0.359. The zero-order chi connectivity index (χ0) is 14.9. The minimum atomic E-state index is -0.481. The second-order valence-corrected chi connectivity index (χ2v) is 6.00. The maximum atomic E-state index is 11.7. The predicted molar refractivity (Wildman–Crippen MR) is 81.4 cm³/mol. The van der Waals surface area contributed by atoms with Crippen LogP contribution in [0.4, 0.5) is 17.1 Å². The SMILES string of the molecule is C[C@@H](Nc1c(Nc2ccncc2)c(=O)c1=O)C(C)(C)C. The van der Waals surface area contributed by atoms with Crippen LogP contribution in [0, 0.1) is 5.41 Å². The smallest absolute Gasteiger partial charge is 0.253 e. The molecule has 1 aromatic carbocycles. The molecule has 0 fully saturated rings. The average Bonchev–Trinajstić information content (AvgIpc) is 2.42. The third-order valence-corrected chi connectivity index (χ3v) is 3.52. The van der Waals surface area contributed by atoms with Crippen LogP contribution in [0.3, 0.4) is 0 Å². The minimum Gasteiger partial charge on any atom is -0.377 e. The molecule has 5 nitrogen and oxygen atoms in total. The minimum absolute atomic E-state index is 0.00626. The molecule has 2 N–H and O–H groups in total. The van der Waals surface area contributed by atoms with E-state index in [4.69, 9.17) is 0 Å². The Balaban J connectivity index is 2.22. The lowest BCUT2D eigenvalue weighted by Crippen LogP contribution is -2.41. The van der Waals surface area contributed by atoms with Crippen LogP contribution in [0.15, 0.2) is 34.1 Å². The molecule has 0 spiro atoms. The summed E-state index contributed by atoms with van der Waals surface area (Å²) in [6.45, 7) is 8.22. The van der Waals surface area contributed by atoms with E-state index in [0.717, 1.165) is 5.69 Å². The molecular weight excluding hydrogens is 254 g/mol. The van der Waals surface area contributed by atoms with Crippen molar-refractivity contribution >= 4 is 17.1 Å². The van der Waals surface area contributed by atoms with E-state index in [9.17, 15) is 9.59 Å². The van der Waals surface area contributed by atoms with Gasteiger partial charge in [0.05, 0.1) is 0 Å². The summed E-state index contributed by atoms with van der Waals surface area (Å²) in [6, 6.07) is 3.56. The first-order valence-electron chi connectivity index (χ1n) is 6.57. The van der Waals surface area contributed by atoms with Crippen LogP contribution in [0.5, 0.6) is 0 Å². The molecule has 0 radical (unpaired) electrons. The maximum Gasteiger partial charge on any atom is 0.253 e. The first-order valence-corrected chi connectivity index (χ1v) is 6.57. The molecule has 2 aromatic rings. The predicted octanol–water partition coefficient (Wildman–Crippen LogP) is 2.27. The summed E-state index contributed by atoms with van der Waals surface area (Å²) in [7, 11) is 0. The largest absolute Gasteiger partial charge is 0.377 e. The summed E-state index contributed by atoms with van der Waals surface area (Å²) in [6.07, 6.45) is 3.25. The van der Waals surface area contributed by atoms with Gasteiger partial charge in [-0.2, -0.15) is 0 Å². The van der Waals surface area contributed by atoms with Gasteiger partial charge in [-0.05, 0) is 24.5 Å². The van der Waals surface area contributed by atoms with Gasteiger partial charge < -0.3 is 10.6 Å². The van der Waals surface area contributed by atoms with Crippen molar-refractivity contribution in [2.45, 2.75) is 33.7 Å². The van der Waals surface area contributed by atoms with E-state index in [1.807, 2.05) is 6.92 Å². The number of pyridine rings is 1. The molecule has 0 saturated heterocycles. The Bertz CT molecular complexity index is 665. The van der Waals surface area contributed by atoms with Gasteiger partial charge in [-0.1, -0.05) is 20.8 Å². The molecule has 0 aliphatic heterocycles. The van der Waals surface area contributed by atoms with Gasteiger partial charge in [0.2, 0.25) is 0 Å². The Hall–Kier alpha value is -2.17. The van der Waals surface area contributed by atoms with Gasteiger partial charge in [0, 0.05) is 24.1 Å². The lowest BCUT2D eigenvalue weighted by Gasteiger charge is -2.30. The van der Waals surface area contributed by atoms with E-state index in [-0.39, 0.29) is 11.5 Å². The quantitative estimate of drug-likeness (QED) is 0.836. The molecule has 106 valence electrons. The van der Waals surface area contributed by atoms with Crippen molar-refractivity contribution in [1.29, 1.82) is 0 Å². The van der Waals surface area contributed by atoms with E-state index in [1.165, 1.54) is 0 Å². The molecular formula is C15H19N3O2. The van der Waals surface area contributed by atoms with Gasteiger partial charge in [0.1, 0.15) is 11.4 Å². The molecule has 20 heavy (non-hydrogen) atoms. The Morgan fingerprint density at radius 3 is 2.15 bits per heavy atom. The van der Waals surface area contributed by atoms with Crippen LogP contribution < -0.4 is 21.5 Å². The summed E-state index contributed by atoms with van der Waals surface area (Å²) < 4.78 is 0. The van der Waals surface area contributed by atoms with Crippen molar-refractivity contribution in [3.8, 4) is 0 Å². The fourth-order valence-corrected chi connectivity index (χ4v) is 1.66. The molecule has 1 heterocycles. The monoisotopic (exact) mass is 273 g/mol. The van der Waals surface area contributed by atoms with Crippen molar-refractivity contribution in [3.63, 3.8) is 0 Å². The topological polar surface area (TPSA) is 71.1 Å². The molecule has 0 bridgehead atoms. The van der Waals surface area contributed by atoms with Crippen molar-refractivity contribution < 1.29 is 0 Å². The van der Waals surface area contributed by atoms with E-state index in [1.54, 1.807) is 24.5 Å². The van der Waals surface area contributed by atoms with Gasteiger partial charge in [-0.25, -0.2) is 0 Å². The number of anilines is 3. The molecule has 0 saturated carbocycles. The van der Waals surface area contributed by atoms with E-state index in [2.05, 4.69) is 36.4 Å². The van der Waals surface area contributed by atoms with Crippen LogP contribution in [-0.2, 0) is 0 Å². The van der Waals surface area contributed by atoms with E-state index in [0.29, 0.717) is 11.4 Å². The van der Waals surface area contributed by atoms with Crippen LogP contribution in [0.1, 0.15) is 27.7 Å². The van der Waals surface area contributed by atoms with Gasteiger partial charge in [0.25, 0.3) is 10.9 Å². The normalized spacial score (nSPS) is 13.2. The van der Waals surface area contributed by atoms with Crippen molar-refractivity contribution in [3.05, 3.63) is 45.0 Å². The molecule has 0 aliphatic rings. The second-order valence-electron chi connectivity index (χ2n) is 6.00. The third-order valence-electron chi connectivity index (χ3n) is 3.52. The fourth-order valence-electron chi connectivity index (χ4n) is 1.66. The van der Waals surface area contributed by atoms with Crippen LogP contribution in [-0.4, -0.2) is 11.0 Å². The highest BCUT2D eigenvalue weighted by Crippen LogP contribution is 2.26. The Kier molecular flexibility index (Phi) is 3.61. The van der Waals surface area contributed by atoms with Crippen molar-refractivity contribution in [1.82, 2.24) is 4.98 Å². The summed E-state index contributed by atoms with van der Waals surface area (Å²) in [5.41, 5.74) is 0.487. The molecule has 1 aromatic heterocycles. The zero-order valence-corrected chi connectivity index (χ0v) is 12.2. The average molecular weight is 273 g/mol. The van der Waals surface area contributed by atoms with E-state index < -0.39 is 10.9 Å². The highest BCUT2D eigenvalue weighted by atomic mass is 16.2. The van der Waals surface area contributed by atoms with Crippen LogP contribution >= 0.6 is 0 Å². The van der Waals surface area contributed by atoms with Gasteiger partial charge in [0.15, 0.2) is 0 Å². The molecule has 0 unspecified atom stereocenters. The number of nitrogens with zero attached hydrogens (tertiary/aromatic N) is 1. The summed E-state index contributed by atoms with van der Waals surface area (Å²) in [5.74, 6) is 0. The lowest BCUT2D eigenvalue weighted by atomic mass is 9.87. The summed E-state index contributed by atoms with van der Waals surface area (Å²) >= 11 is 0. The van der Waals surface area contributed by atoms with Gasteiger partial charge in [-0.15, -0.1) is 0 Å². The molecule has 2 rings (SSSR count). The van der Waals surface area contributed by atoms with Crippen molar-refractivity contribution in [2.75, 3.05) is 10.6 Å². The fraction of sp³-hybridized carbons (Fsp3) is 0.400. The molecule has 1 atom stereocenters. The zero-order valence-electron chi connectivity index (χ0n) is 12.2. The first-order chi connectivity index (χ1) is 9.30. The second kappa shape index (κ2) is 5.07. The number of hydrogen-bond acceptors (Lipinski definition) is 5. The Morgan fingerprint density at radius 1 is 1.05 bits per heavy atom. The number of hydrogen-bond donors (Lipinski definition) is 2. The van der Waals surface area contributed by atoms with Gasteiger partial charge in [-0.3, -0.25) is 14.6 Å². The Labute approximate surface area is 117 Å². The summed E-state index contributed by atoms with van der Waals surface area (Å²) in [5, 5.41) is 6.11.